The van der Waals surface area contributed by atoms with Crippen molar-refractivity contribution in [2.24, 2.45) is 11.3 Å². The van der Waals surface area contributed by atoms with E-state index in [4.69, 9.17) is 5.11 Å². The average Bonchev–Trinajstić information content (AvgIpc) is 2.00. The molecule has 1 saturated carbocycles. The van der Waals surface area contributed by atoms with Gasteiger partial charge in [-0.1, -0.05) is 20.8 Å². The standard InChI is InChI=1S/C12H22O2S/c1-11(2,3)9-4-6-12(15,7-5-9)8-10(13)14/h9,15H,4-8H2,1-3H3,(H,13,14). The van der Waals surface area contributed by atoms with E-state index in [2.05, 4.69) is 33.4 Å². The molecule has 88 valence electrons. The maximum atomic E-state index is 10.7. The molecular weight excluding hydrogens is 208 g/mol. The lowest BCUT2D eigenvalue weighted by Gasteiger charge is -2.41. The van der Waals surface area contributed by atoms with E-state index in [0.717, 1.165) is 25.7 Å². The molecule has 0 amide bonds. The summed E-state index contributed by atoms with van der Waals surface area (Å²) in [5, 5.41) is 8.81. The molecular formula is C12H22O2S. The predicted octanol–water partition coefficient (Wildman–Crippen LogP) is 3.37. The van der Waals surface area contributed by atoms with Gasteiger partial charge in [0.25, 0.3) is 0 Å². The van der Waals surface area contributed by atoms with Crippen molar-refractivity contribution in [1.82, 2.24) is 0 Å². The van der Waals surface area contributed by atoms with Crippen molar-refractivity contribution in [3.63, 3.8) is 0 Å². The Kier molecular flexibility index (Phi) is 3.75. The van der Waals surface area contributed by atoms with Crippen LogP contribution in [0.15, 0.2) is 0 Å². The third-order valence-electron chi connectivity index (χ3n) is 3.62. The SMILES string of the molecule is CC(C)(C)C1CCC(S)(CC(=O)O)CC1. The zero-order valence-electron chi connectivity index (χ0n) is 9.92. The monoisotopic (exact) mass is 230 g/mol. The first-order valence-electron chi connectivity index (χ1n) is 5.67. The molecule has 0 aromatic heterocycles. The maximum Gasteiger partial charge on any atom is 0.304 e. The van der Waals surface area contributed by atoms with Crippen LogP contribution in [-0.2, 0) is 4.79 Å². The van der Waals surface area contributed by atoms with Crippen LogP contribution in [0.2, 0.25) is 0 Å². The van der Waals surface area contributed by atoms with E-state index in [1.54, 1.807) is 0 Å². The van der Waals surface area contributed by atoms with Gasteiger partial charge in [-0.2, -0.15) is 12.6 Å². The highest BCUT2D eigenvalue weighted by Gasteiger charge is 2.37. The molecule has 0 saturated heterocycles. The number of rotatable bonds is 2. The van der Waals surface area contributed by atoms with E-state index in [-0.39, 0.29) is 11.2 Å². The van der Waals surface area contributed by atoms with Crippen molar-refractivity contribution in [1.29, 1.82) is 0 Å². The molecule has 0 spiro atoms. The minimum Gasteiger partial charge on any atom is -0.481 e. The number of hydrogen-bond acceptors (Lipinski definition) is 2. The van der Waals surface area contributed by atoms with Crippen molar-refractivity contribution >= 4 is 18.6 Å². The molecule has 0 radical (unpaired) electrons. The molecule has 1 aliphatic carbocycles. The topological polar surface area (TPSA) is 37.3 Å². The Labute approximate surface area is 97.9 Å². The zero-order chi connectivity index (χ0) is 11.7. The molecule has 1 aliphatic rings. The Morgan fingerprint density at radius 2 is 1.87 bits per heavy atom. The molecule has 3 heteroatoms. The third-order valence-corrected chi connectivity index (χ3v) is 4.23. The summed E-state index contributed by atoms with van der Waals surface area (Å²) in [5.74, 6) is -0.00854. The maximum absolute atomic E-state index is 10.7. The lowest BCUT2D eigenvalue weighted by molar-refractivity contribution is -0.137. The van der Waals surface area contributed by atoms with Crippen molar-refractivity contribution < 1.29 is 9.90 Å². The van der Waals surface area contributed by atoms with Gasteiger partial charge < -0.3 is 5.11 Å². The van der Waals surface area contributed by atoms with E-state index in [0.29, 0.717) is 11.3 Å². The zero-order valence-corrected chi connectivity index (χ0v) is 10.8. The molecule has 0 bridgehead atoms. The molecule has 0 aliphatic heterocycles. The second-order valence-corrected chi connectivity index (χ2v) is 6.88. The highest BCUT2D eigenvalue weighted by Crippen LogP contribution is 2.45. The summed E-state index contributed by atoms with van der Waals surface area (Å²) in [6.45, 7) is 6.79. The van der Waals surface area contributed by atoms with Crippen LogP contribution in [0.3, 0.4) is 0 Å². The Morgan fingerprint density at radius 3 is 2.20 bits per heavy atom. The first kappa shape index (κ1) is 12.9. The molecule has 2 nitrogen and oxygen atoms in total. The number of carboxylic acid groups (broad SMARTS) is 1. The van der Waals surface area contributed by atoms with Crippen LogP contribution in [0.25, 0.3) is 0 Å². The Bertz CT molecular complexity index is 234. The molecule has 1 rings (SSSR count). The molecule has 0 heterocycles. The normalized spacial score (nSPS) is 32.7. The van der Waals surface area contributed by atoms with Crippen molar-refractivity contribution in [2.45, 2.75) is 57.6 Å². The second kappa shape index (κ2) is 4.36. The fourth-order valence-electron chi connectivity index (χ4n) is 2.48. The summed E-state index contributed by atoms with van der Waals surface area (Å²) in [6.07, 6.45) is 4.29. The van der Waals surface area contributed by atoms with E-state index in [1.807, 2.05) is 0 Å². The van der Waals surface area contributed by atoms with Gasteiger partial charge in [-0.15, -0.1) is 0 Å². The Morgan fingerprint density at radius 1 is 1.40 bits per heavy atom. The molecule has 0 aromatic carbocycles. The largest absolute Gasteiger partial charge is 0.481 e. The Hall–Kier alpha value is -0.180. The lowest BCUT2D eigenvalue weighted by Crippen LogP contribution is -2.35. The molecule has 1 N–H and O–H groups in total. The third kappa shape index (κ3) is 3.71. The number of hydrogen-bond donors (Lipinski definition) is 2. The van der Waals surface area contributed by atoms with Crippen LogP contribution in [-0.4, -0.2) is 15.8 Å². The Balaban J connectivity index is 2.51. The fourth-order valence-corrected chi connectivity index (χ4v) is 2.87. The first-order chi connectivity index (χ1) is 6.73. The lowest BCUT2D eigenvalue weighted by atomic mass is 9.69. The van der Waals surface area contributed by atoms with Crippen LogP contribution >= 0.6 is 12.6 Å². The highest BCUT2D eigenvalue weighted by atomic mass is 32.1. The molecule has 1 fully saturated rings. The summed E-state index contributed by atoms with van der Waals surface area (Å²) < 4.78 is -0.256. The van der Waals surface area contributed by atoms with Crippen LogP contribution in [0.5, 0.6) is 0 Å². The molecule has 0 atom stereocenters. The van der Waals surface area contributed by atoms with Gasteiger partial charge in [0.05, 0.1) is 6.42 Å². The van der Waals surface area contributed by atoms with E-state index >= 15 is 0 Å². The molecule has 0 unspecified atom stereocenters. The first-order valence-corrected chi connectivity index (χ1v) is 6.12. The van der Waals surface area contributed by atoms with E-state index in [1.165, 1.54) is 0 Å². The quantitative estimate of drug-likeness (QED) is 0.714. The van der Waals surface area contributed by atoms with Crippen molar-refractivity contribution in [2.75, 3.05) is 0 Å². The van der Waals surface area contributed by atoms with Gasteiger partial charge in [0.15, 0.2) is 0 Å². The number of aliphatic carboxylic acids is 1. The highest BCUT2D eigenvalue weighted by molar-refractivity contribution is 7.81. The van der Waals surface area contributed by atoms with Gasteiger partial charge in [-0.25, -0.2) is 0 Å². The fraction of sp³-hybridized carbons (Fsp3) is 0.917. The molecule has 0 aromatic rings. The van der Waals surface area contributed by atoms with Gasteiger partial charge in [-0.3, -0.25) is 4.79 Å². The van der Waals surface area contributed by atoms with Crippen LogP contribution in [0, 0.1) is 11.3 Å². The van der Waals surface area contributed by atoms with Gasteiger partial charge in [-0.05, 0) is 37.0 Å². The minimum absolute atomic E-state index is 0.201. The number of carbonyl (C=O) groups is 1. The summed E-state index contributed by atoms with van der Waals surface area (Å²) in [7, 11) is 0. The summed E-state index contributed by atoms with van der Waals surface area (Å²) >= 11 is 4.54. The summed E-state index contributed by atoms with van der Waals surface area (Å²) in [5.41, 5.74) is 0.346. The van der Waals surface area contributed by atoms with Gasteiger partial charge in [0.1, 0.15) is 0 Å². The summed E-state index contributed by atoms with van der Waals surface area (Å²) in [6, 6.07) is 0. The van der Waals surface area contributed by atoms with Crippen LogP contribution in [0.4, 0.5) is 0 Å². The summed E-state index contributed by atoms with van der Waals surface area (Å²) in [4.78, 5) is 10.7. The van der Waals surface area contributed by atoms with Crippen LogP contribution < -0.4 is 0 Å². The van der Waals surface area contributed by atoms with Gasteiger partial charge in [0.2, 0.25) is 0 Å². The van der Waals surface area contributed by atoms with Gasteiger partial charge >= 0.3 is 5.97 Å². The van der Waals surface area contributed by atoms with E-state index in [9.17, 15) is 4.79 Å². The predicted molar refractivity (Wildman–Crippen MR) is 65.4 cm³/mol. The molecule has 15 heavy (non-hydrogen) atoms. The van der Waals surface area contributed by atoms with Crippen molar-refractivity contribution in [3.05, 3.63) is 0 Å². The van der Waals surface area contributed by atoms with E-state index < -0.39 is 5.97 Å². The van der Waals surface area contributed by atoms with Crippen LogP contribution in [0.1, 0.15) is 52.9 Å². The second-order valence-electron chi connectivity index (χ2n) is 5.94. The number of thiol groups is 1. The van der Waals surface area contributed by atoms with Gasteiger partial charge in [0, 0.05) is 4.75 Å². The van der Waals surface area contributed by atoms with Crippen molar-refractivity contribution in [3.8, 4) is 0 Å². The minimum atomic E-state index is -0.723. The number of carboxylic acids is 1. The average molecular weight is 230 g/mol. The smallest absolute Gasteiger partial charge is 0.304 e.